The third-order valence-corrected chi connectivity index (χ3v) is 0.518. The minimum absolute atomic E-state index is 0.0451. The molecule has 0 saturated carbocycles. The number of nitriles is 1. The van der Waals surface area contributed by atoms with E-state index in [4.69, 9.17) is 5.26 Å². The fourth-order valence-corrected chi connectivity index (χ4v) is 0.160. The van der Waals surface area contributed by atoms with E-state index in [2.05, 4.69) is 5.32 Å². The zero-order valence-electron chi connectivity index (χ0n) is 6.06. The maximum Gasteiger partial charge on any atom is 0.233 e. The summed E-state index contributed by atoms with van der Waals surface area (Å²) in [6.45, 7) is 4.00. The van der Waals surface area contributed by atoms with Crippen molar-refractivity contribution in [2.24, 2.45) is 0 Å². The highest BCUT2D eigenvalue weighted by atomic mass is 16.1. The smallest absolute Gasteiger partial charge is 0.233 e. The molecule has 0 rings (SSSR count). The lowest BCUT2D eigenvalue weighted by molar-refractivity contribution is -0.119. The molecule has 9 heavy (non-hydrogen) atoms. The van der Waals surface area contributed by atoms with Crippen LogP contribution in [0, 0.1) is 11.3 Å². The van der Waals surface area contributed by atoms with Gasteiger partial charge in [-0.05, 0) is 0 Å². The molecule has 0 aliphatic rings. The average Bonchev–Trinajstić information content (AvgIpc) is 1.93. The van der Waals surface area contributed by atoms with Crippen LogP contribution in [0.3, 0.4) is 0 Å². The van der Waals surface area contributed by atoms with Crippen LogP contribution in [0.4, 0.5) is 0 Å². The normalized spacial score (nSPS) is 6.00. The predicted molar refractivity (Wildman–Crippen MR) is 35.6 cm³/mol. The summed E-state index contributed by atoms with van der Waals surface area (Å²) in [4.78, 5) is 10.1. The van der Waals surface area contributed by atoms with Crippen LogP contribution in [-0.4, -0.2) is 13.0 Å². The van der Waals surface area contributed by atoms with Crippen LogP contribution in [0.15, 0.2) is 0 Å². The molecule has 3 heteroatoms. The van der Waals surface area contributed by atoms with Gasteiger partial charge in [-0.25, -0.2) is 0 Å². The number of rotatable bonds is 1. The van der Waals surface area contributed by atoms with Gasteiger partial charge in [-0.1, -0.05) is 13.8 Å². The molecule has 0 unspecified atom stereocenters. The van der Waals surface area contributed by atoms with Gasteiger partial charge in [-0.15, -0.1) is 0 Å². The van der Waals surface area contributed by atoms with E-state index >= 15 is 0 Å². The largest absolute Gasteiger partial charge is 0.358 e. The molecule has 0 aliphatic carbocycles. The van der Waals surface area contributed by atoms with Crippen molar-refractivity contribution in [3.63, 3.8) is 0 Å². The number of amides is 1. The first-order chi connectivity index (χ1) is 4.31. The van der Waals surface area contributed by atoms with Crippen LogP contribution in [0.25, 0.3) is 0 Å². The van der Waals surface area contributed by atoms with Gasteiger partial charge in [0.2, 0.25) is 5.91 Å². The monoisotopic (exact) mass is 128 g/mol. The number of nitrogens with zero attached hydrogens (tertiary/aromatic N) is 1. The van der Waals surface area contributed by atoms with E-state index in [1.54, 1.807) is 6.07 Å². The Kier molecular flexibility index (Phi) is 12.1. The van der Waals surface area contributed by atoms with Crippen LogP contribution in [0.2, 0.25) is 0 Å². The van der Waals surface area contributed by atoms with Crippen molar-refractivity contribution in [2.75, 3.05) is 7.05 Å². The van der Waals surface area contributed by atoms with Gasteiger partial charge >= 0.3 is 0 Å². The Labute approximate surface area is 55.7 Å². The molecule has 0 spiro atoms. The molecular weight excluding hydrogens is 116 g/mol. The number of hydrogen-bond donors (Lipinski definition) is 1. The lowest BCUT2D eigenvalue weighted by Gasteiger charge is -1.85. The Hall–Kier alpha value is -1.04. The first-order valence-corrected chi connectivity index (χ1v) is 2.88. The molecule has 0 aliphatic heterocycles. The van der Waals surface area contributed by atoms with E-state index in [0.717, 1.165) is 0 Å². The Morgan fingerprint density at radius 2 is 2.11 bits per heavy atom. The topological polar surface area (TPSA) is 52.9 Å². The van der Waals surface area contributed by atoms with E-state index in [0.29, 0.717) is 0 Å². The molecule has 3 nitrogen and oxygen atoms in total. The molecule has 1 amide bonds. The maximum absolute atomic E-state index is 10.1. The minimum Gasteiger partial charge on any atom is -0.358 e. The third kappa shape index (κ3) is 10.9. The van der Waals surface area contributed by atoms with Crippen molar-refractivity contribution < 1.29 is 4.79 Å². The molecule has 0 radical (unpaired) electrons. The second-order valence-corrected chi connectivity index (χ2v) is 1.01. The van der Waals surface area contributed by atoms with Crippen LogP contribution >= 0.6 is 0 Å². The summed E-state index contributed by atoms with van der Waals surface area (Å²) in [6, 6.07) is 1.71. The van der Waals surface area contributed by atoms with Crippen molar-refractivity contribution in [3.8, 4) is 6.07 Å². The van der Waals surface area contributed by atoms with Gasteiger partial charge in [0.1, 0.15) is 6.42 Å². The number of carbonyl (C=O) groups excluding carboxylic acids is 1. The summed E-state index contributed by atoms with van der Waals surface area (Å²) in [7, 11) is 1.50. The standard InChI is InChI=1S/C4H6N2O.C2H6/c1-6-4(7)2-3-5;1-2/h2H2,1H3,(H,6,7);1-2H3. The van der Waals surface area contributed by atoms with Crippen molar-refractivity contribution in [3.05, 3.63) is 0 Å². The van der Waals surface area contributed by atoms with Crippen LogP contribution in [-0.2, 0) is 4.79 Å². The van der Waals surface area contributed by atoms with Gasteiger partial charge in [0.15, 0.2) is 0 Å². The highest BCUT2D eigenvalue weighted by Crippen LogP contribution is 1.69. The Balaban J connectivity index is 0. The van der Waals surface area contributed by atoms with Crippen molar-refractivity contribution in [1.82, 2.24) is 5.32 Å². The SMILES string of the molecule is CC.CNC(=O)CC#N. The van der Waals surface area contributed by atoms with Crippen molar-refractivity contribution in [1.29, 1.82) is 5.26 Å². The van der Waals surface area contributed by atoms with Crippen molar-refractivity contribution >= 4 is 5.91 Å². The van der Waals surface area contributed by atoms with E-state index in [-0.39, 0.29) is 12.3 Å². The summed E-state index contributed by atoms with van der Waals surface area (Å²) in [5, 5.41) is 10.2. The summed E-state index contributed by atoms with van der Waals surface area (Å²) >= 11 is 0. The molecule has 0 aromatic heterocycles. The predicted octanol–water partition coefficient (Wildman–Crippen LogP) is 0.672. The lowest BCUT2D eigenvalue weighted by atomic mass is 10.4. The number of nitrogens with one attached hydrogen (secondary N) is 1. The maximum atomic E-state index is 10.1. The zero-order chi connectivity index (χ0) is 7.70. The average molecular weight is 128 g/mol. The zero-order valence-corrected chi connectivity index (χ0v) is 6.06. The first kappa shape index (κ1) is 10.9. The highest BCUT2D eigenvalue weighted by molar-refractivity contribution is 5.77. The molecule has 52 valence electrons. The Morgan fingerprint density at radius 1 is 1.67 bits per heavy atom. The molecule has 1 N–H and O–H groups in total. The molecular formula is C6H12N2O. The van der Waals surface area contributed by atoms with E-state index < -0.39 is 0 Å². The highest BCUT2D eigenvalue weighted by Gasteiger charge is 1.90. The van der Waals surface area contributed by atoms with Gasteiger partial charge in [-0.2, -0.15) is 5.26 Å². The lowest BCUT2D eigenvalue weighted by Crippen LogP contribution is -2.15. The second kappa shape index (κ2) is 10.0. The quantitative estimate of drug-likeness (QED) is 0.564. The molecule has 0 saturated heterocycles. The first-order valence-electron chi connectivity index (χ1n) is 2.88. The van der Waals surface area contributed by atoms with Gasteiger partial charge in [0, 0.05) is 7.05 Å². The molecule has 0 aromatic rings. The Morgan fingerprint density at radius 3 is 2.22 bits per heavy atom. The van der Waals surface area contributed by atoms with Crippen LogP contribution < -0.4 is 5.32 Å². The summed E-state index contributed by atoms with van der Waals surface area (Å²) in [6.07, 6.45) is -0.0451. The molecule has 0 bridgehead atoms. The fraction of sp³-hybridized carbons (Fsp3) is 0.667. The van der Waals surface area contributed by atoms with Gasteiger partial charge in [0.25, 0.3) is 0 Å². The fourth-order valence-electron chi connectivity index (χ4n) is 0.160. The summed E-state index contributed by atoms with van der Waals surface area (Å²) < 4.78 is 0. The third-order valence-electron chi connectivity index (χ3n) is 0.518. The molecule has 0 fully saturated rings. The van der Waals surface area contributed by atoms with E-state index in [1.165, 1.54) is 7.05 Å². The van der Waals surface area contributed by atoms with Gasteiger partial charge in [0.05, 0.1) is 6.07 Å². The van der Waals surface area contributed by atoms with Crippen LogP contribution in [0.5, 0.6) is 0 Å². The van der Waals surface area contributed by atoms with Gasteiger partial charge in [-0.3, -0.25) is 4.79 Å². The summed E-state index contributed by atoms with van der Waals surface area (Å²) in [5.74, 6) is -0.234. The number of carbonyl (C=O) groups is 1. The summed E-state index contributed by atoms with van der Waals surface area (Å²) in [5.41, 5.74) is 0. The van der Waals surface area contributed by atoms with E-state index in [9.17, 15) is 4.79 Å². The number of hydrogen-bond acceptors (Lipinski definition) is 2. The second-order valence-electron chi connectivity index (χ2n) is 1.01. The Bertz CT molecular complexity index is 104. The van der Waals surface area contributed by atoms with Crippen molar-refractivity contribution in [2.45, 2.75) is 20.3 Å². The minimum atomic E-state index is -0.234. The molecule has 0 heterocycles. The van der Waals surface area contributed by atoms with Gasteiger partial charge < -0.3 is 5.32 Å². The molecule has 0 aromatic carbocycles. The van der Waals surface area contributed by atoms with E-state index in [1.807, 2.05) is 13.8 Å². The molecule has 0 atom stereocenters. The van der Waals surface area contributed by atoms with Crippen LogP contribution in [0.1, 0.15) is 20.3 Å².